The van der Waals surface area contributed by atoms with E-state index in [-0.39, 0.29) is 43.0 Å². The number of benzene rings is 1. The van der Waals surface area contributed by atoms with Crippen LogP contribution in [0.4, 0.5) is 4.39 Å². The van der Waals surface area contributed by atoms with Gasteiger partial charge in [-0.2, -0.15) is 0 Å². The van der Waals surface area contributed by atoms with Crippen LogP contribution in [0.25, 0.3) is 0 Å². The van der Waals surface area contributed by atoms with Crippen molar-refractivity contribution >= 4 is 24.2 Å². The van der Waals surface area contributed by atoms with Gasteiger partial charge in [-0.05, 0) is 48.9 Å². The van der Waals surface area contributed by atoms with Gasteiger partial charge in [-0.15, -0.1) is 12.4 Å². The molecule has 2 fully saturated rings. The summed E-state index contributed by atoms with van der Waals surface area (Å²) in [6, 6.07) is 5.95. The van der Waals surface area contributed by atoms with E-state index in [9.17, 15) is 14.0 Å². The predicted molar refractivity (Wildman–Crippen MR) is 96.1 cm³/mol. The third-order valence-electron chi connectivity index (χ3n) is 5.20. The Balaban J connectivity index is 0.00000225. The predicted octanol–water partition coefficient (Wildman–Crippen LogP) is 1.51. The van der Waals surface area contributed by atoms with Gasteiger partial charge in [0.05, 0.1) is 13.0 Å². The number of hydrogen-bond donors (Lipinski definition) is 2. The van der Waals surface area contributed by atoms with Crippen LogP contribution in [0.1, 0.15) is 24.8 Å². The highest BCUT2D eigenvalue weighted by atomic mass is 35.5. The van der Waals surface area contributed by atoms with Crippen LogP contribution in [0.3, 0.4) is 0 Å². The minimum absolute atomic E-state index is 0. The van der Waals surface area contributed by atoms with E-state index in [1.807, 2.05) is 4.90 Å². The number of amides is 2. The van der Waals surface area contributed by atoms with Gasteiger partial charge in [0, 0.05) is 19.6 Å². The maximum atomic E-state index is 13.1. The third-order valence-corrected chi connectivity index (χ3v) is 5.20. The van der Waals surface area contributed by atoms with Crippen molar-refractivity contribution in [1.29, 1.82) is 0 Å². The lowest BCUT2D eigenvalue weighted by atomic mass is 9.78. The second-order valence-corrected chi connectivity index (χ2v) is 6.89. The fraction of sp³-hybridized carbons (Fsp3) is 0.556. The van der Waals surface area contributed by atoms with E-state index >= 15 is 0 Å². The number of likely N-dealkylation sites (tertiary alicyclic amines) is 1. The molecular formula is C18H25ClFN3O2. The highest BCUT2D eigenvalue weighted by molar-refractivity contribution is 5.86. The zero-order valence-corrected chi connectivity index (χ0v) is 15.0. The first kappa shape index (κ1) is 19.7. The number of rotatable bonds is 4. The van der Waals surface area contributed by atoms with Gasteiger partial charge in [-0.1, -0.05) is 12.1 Å². The summed E-state index contributed by atoms with van der Waals surface area (Å²) in [6.07, 6.45) is 3.34. The molecule has 25 heavy (non-hydrogen) atoms. The van der Waals surface area contributed by atoms with E-state index in [4.69, 9.17) is 0 Å². The fourth-order valence-electron chi connectivity index (χ4n) is 3.63. The molecule has 2 aliphatic rings. The second-order valence-electron chi connectivity index (χ2n) is 6.89. The van der Waals surface area contributed by atoms with Crippen molar-refractivity contribution in [3.8, 4) is 0 Å². The van der Waals surface area contributed by atoms with Crippen molar-refractivity contribution in [2.45, 2.75) is 25.7 Å². The smallest absolute Gasteiger partial charge is 0.241 e. The molecule has 2 amide bonds. The van der Waals surface area contributed by atoms with Gasteiger partial charge in [-0.25, -0.2) is 4.39 Å². The Morgan fingerprint density at radius 1 is 1.24 bits per heavy atom. The minimum atomic E-state index is -0.361. The third kappa shape index (κ3) is 5.16. The van der Waals surface area contributed by atoms with Crippen molar-refractivity contribution in [2.24, 2.45) is 5.41 Å². The summed E-state index contributed by atoms with van der Waals surface area (Å²) in [6.45, 7) is 3.67. The Hall–Kier alpha value is -1.66. The fourth-order valence-corrected chi connectivity index (χ4v) is 3.63. The van der Waals surface area contributed by atoms with E-state index < -0.39 is 0 Å². The lowest BCUT2D eigenvalue weighted by molar-refractivity contribution is -0.134. The maximum absolute atomic E-state index is 13.1. The molecule has 0 bridgehead atoms. The maximum Gasteiger partial charge on any atom is 0.241 e. The highest BCUT2D eigenvalue weighted by Gasteiger charge is 2.37. The van der Waals surface area contributed by atoms with E-state index in [0.717, 1.165) is 39.0 Å². The van der Waals surface area contributed by atoms with E-state index in [0.29, 0.717) is 11.0 Å². The molecule has 2 N–H and O–H groups in total. The first-order valence-electron chi connectivity index (χ1n) is 8.56. The molecule has 0 aromatic heterocycles. The average Bonchev–Trinajstić information content (AvgIpc) is 3.01. The number of nitrogens with zero attached hydrogens (tertiary/aromatic N) is 1. The molecule has 5 nitrogen and oxygen atoms in total. The molecule has 3 rings (SSSR count). The van der Waals surface area contributed by atoms with Crippen molar-refractivity contribution in [1.82, 2.24) is 15.5 Å². The molecule has 138 valence electrons. The Labute approximate surface area is 153 Å². The molecule has 7 heteroatoms. The van der Waals surface area contributed by atoms with Crippen LogP contribution in [0.5, 0.6) is 0 Å². The summed E-state index contributed by atoms with van der Waals surface area (Å²) >= 11 is 0. The summed E-state index contributed by atoms with van der Waals surface area (Å²) < 4.78 is 13.1. The summed E-state index contributed by atoms with van der Waals surface area (Å²) in [5.41, 5.74) is 0.978. The summed E-state index contributed by atoms with van der Waals surface area (Å²) in [5, 5.41) is 6.05. The largest absolute Gasteiger partial charge is 0.347 e. The minimum Gasteiger partial charge on any atom is -0.347 e. The van der Waals surface area contributed by atoms with Gasteiger partial charge >= 0.3 is 0 Å². The SMILES string of the molecule is Cl.O=C(Cc1cccc(F)c1)NCC(=O)N1CCC2(CCNC2)CC1. The van der Waals surface area contributed by atoms with E-state index in [1.54, 1.807) is 12.1 Å². The Bertz CT molecular complexity index is 610. The Morgan fingerprint density at radius 3 is 2.64 bits per heavy atom. The van der Waals surface area contributed by atoms with Gasteiger partial charge in [0.1, 0.15) is 5.82 Å². The van der Waals surface area contributed by atoms with Crippen LogP contribution in [-0.2, 0) is 16.0 Å². The van der Waals surface area contributed by atoms with Crippen molar-refractivity contribution < 1.29 is 14.0 Å². The van der Waals surface area contributed by atoms with Gasteiger partial charge in [0.25, 0.3) is 0 Å². The number of halogens is 2. The first-order valence-corrected chi connectivity index (χ1v) is 8.56. The molecule has 1 aromatic rings. The van der Waals surface area contributed by atoms with Crippen molar-refractivity contribution in [2.75, 3.05) is 32.7 Å². The quantitative estimate of drug-likeness (QED) is 0.845. The molecule has 0 aliphatic carbocycles. The zero-order valence-electron chi connectivity index (χ0n) is 14.2. The number of carbonyl (C=O) groups excluding carboxylic acids is 2. The van der Waals surface area contributed by atoms with E-state index in [2.05, 4.69) is 10.6 Å². The molecular weight excluding hydrogens is 345 g/mol. The van der Waals surface area contributed by atoms with Gasteiger partial charge < -0.3 is 15.5 Å². The number of piperidine rings is 1. The lowest BCUT2D eigenvalue weighted by Gasteiger charge is -2.38. The molecule has 0 atom stereocenters. The molecule has 1 spiro atoms. The molecule has 2 heterocycles. The van der Waals surface area contributed by atoms with Crippen LogP contribution >= 0.6 is 12.4 Å². The van der Waals surface area contributed by atoms with E-state index in [1.165, 1.54) is 18.6 Å². The molecule has 2 saturated heterocycles. The standard InChI is InChI=1S/C18H24FN3O2.ClH/c19-15-3-1-2-14(10-15)11-16(23)21-12-17(24)22-8-5-18(6-9-22)4-7-20-13-18;/h1-3,10,20H,4-9,11-13H2,(H,21,23);1H. The Kier molecular flexibility index (Phi) is 6.79. The van der Waals surface area contributed by atoms with Gasteiger partial charge in [0.2, 0.25) is 11.8 Å². The Morgan fingerprint density at radius 2 is 2.00 bits per heavy atom. The van der Waals surface area contributed by atoms with Gasteiger partial charge in [0.15, 0.2) is 0 Å². The van der Waals surface area contributed by atoms with Crippen LogP contribution in [-0.4, -0.2) is 49.4 Å². The van der Waals surface area contributed by atoms with Gasteiger partial charge in [-0.3, -0.25) is 9.59 Å². The number of hydrogen-bond acceptors (Lipinski definition) is 3. The second kappa shape index (κ2) is 8.63. The van der Waals surface area contributed by atoms with Crippen molar-refractivity contribution in [3.63, 3.8) is 0 Å². The molecule has 0 saturated carbocycles. The number of carbonyl (C=O) groups is 2. The van der Waals surface area contributed by atoms with Crippen molar-refractivity contribution in [3.05, 3.63) is 35.6 Å². The molecule has 1 aromatic carbocycles. The lowest BCUT2D eigenvalue weighted by Crippen LogP contribution is -2.47. The van der Waals surface area contributed by atoms with Crippen LogP contribution in [0.15, 0.2) is 24.3 Å². The highest BCUT2D eigenvalue weighted by Crippen LogP contribution is 2.36. The summed E-state index contributed by atoms with van der Waals surface area (Å²) in [5.74, 6) is -0.661. The molecule has 2 aliphatic heterocycles. The molecule has 0 unspecified atom stereocenters. The van der Waals surface area contributed by atoms with Crippen LogP contribution in [0, 0.1) is 11.2 Å². The average molecular weight is 370 g/mol. The molecule has 0 radical (unpaired) electrons. The number of nitrogens with one attached hydrogen (secondary N) is 2. The van der Waals surface area contributed by atoms with Crippen LogP contribution < -0.4 is 10.6 Å². The monoisotopic (exact) mass is 369 g/mol. The summed E-state index contributed by atoms with van der Waals surface area (Å²) in [7, 11) is 0. The topological polar surface area (TPSA) is 61.4 Å². The zero-order chi connectivity index (χ0) is 17.0. The first-order chi connectivity index (χ1) is 11.6. The summed E-state index contributed by atoms with van der Waals surface area (Å²) in [4.78, 5) is 26.0. The van der Waals surface area contributed by atoms with Crippen LogP contribution in [0.2, 0.25) is 0 Å². The normalized spacial score (nSPS) is 18.7.